The standard InChI is InChI=1S/C16H21ClN4O4S2/c1-13-18-16(12-19(13)2)27(24,25)21-9-3-8-20(10-11-21)26(22,23)15-6-4-14(17)5-7-15/h4-7,12H,3,8-11H2,1-2H3. The molecule has 1 aromatic heterocycles. The molecule has 1 aliphatic heterocycles. The number of rotatable bonds is 4. The first-order chi connectivity index (χ1) is 12.6. The molecule has 0 N–H and O–H groups in total. The first-order valence-corrected chi connectivity index (χ1v) is 11.6. The van der Waals surface area contributed by atoms with Gasteiger partial charge in [-0.25, -0.2) is 21.8 Å². The van der Waals surface area contributed by atoms with E-state index in [9.17, 15) is 16.8 Å². The number of halogens is 1. The third-order valence-electron chi connectivity index (χ3n) is 4.56. The summed E-state index contributed by atoms with van der Waals surface area (Å²) in [5.41, 5.74) is 0. The summed E-state index contributed by atoms with van der Waals surface area (Å²) in [4.78, 5) is 4.24. The van der Waals surface area contributed by atoms with E-state index < -0.39 is 20.0 Å². The number of aryl methyl sites for hydroxylation is 2. The minimum Gasteiger partial charge on any atom is -0.337 e. The highest BCUT2D eigenvalue weighted by Crippen LogP contribution is 2.22. The van der Waals surface area contributed by atoms with E-state index in [-0.39, 0.29) is 36.1 Å². The molecule has 2 aromatic rings. The molecule has 0 aliphatic carbocycles. The quantitative estimate of drug-likeness (QED) is 0.729. The van der Waals surface area contributed by atoms with Crippen LogP contribution in [-0.4, -0.2) is 61.2 Å². The lowest BCUT2D eigenvalue weighted by molar-refractivity contribution is 0.403. The molecule has 0 bridgehead atoms. The van der Waals surface area contributed by atoms with Gasteiger partial charge >= 0.3 is 0 Å². The molecule has 0 radical (unpaired) electrons. The maximum Gasteiger partial charge on any atom is 0.262 e. The van der Waals surface area contributed by atoms with Gasteiger partial charge in [-0.2, -0.15) is 8.61 Å². The van der Waals surface area contributed by atoms with Gasteiger partial charge < -0.3 is 4.57 Å². The Bertz CT molecular complexity index is 1010. The second-order valence-electron chi connectivity index (χ2n) is 6.35. The normalized spacial score (nSPS) is 17.7. The van der Waals surface area contributed by atoms with Crippen LogP contribution < -0.4 is 0 Å². The van der Waals surface area contributed by atoms with Crippen LogP contribution in [0.25, 0.3) is 0 Å². The fraction of sp³-hybridized carbons (Fsp3) is 0.438. The summed E-state index contributed by atoms with van der Waals surface area (Å²) in [6.07, 6.45) is 1.87. The van der Waals surface area contributed by atoms with Crippen LogP contribution in [0.15, 0.2) is 40.4 Å². The summed E-state index contributed by atoms with van der Waals surface area (Å²) < 4.78 is 55.6. The highest BCUT2D eigenvalue weighted by Gasteiger charge is 2.32. The third-order valence-corrected chi connectivity index (χ3v) is 8.49. The summed E-state index contributed by atoms with van der Waals surface area (Å²) in [6, 6.07) is 5.94. The summed E-state index contributed by atoms with van der Waals surface area (Å²) in [5, 5.41) is 0.434. The lowest BCUT2D eigenvalue weighted by Crippen LogP contribution is -2.37. The number of sulfonamides is 2. The molecule has 148 valence electrons. The Morgan fingerprint density at radius 3 is 2.00 bits per heavy atom. The van der Waals surface area contributed by atoms with Crippen molar-refractivity contribution >= 4 is 31.6 Å². The van der Waals surface area contributed by atoms with Crippen molar-refractivity contribution in [3.05, 3.63) is 41.3 Å². The molecule has 0 amide bonds. The number of benzene rings is 1. The van der Waals surface area contributed by atoms with Gasteiger partial charge in [-0.05, 0) is 37.6 Å². The van der Waals surface area contributed by atoms with E-state index in [0.29, 0.717) is 17.3 Å². The Labute approximate surface area is 164 Å². The van der Waals surface area contributed by atoms with Gasteiger partial charge in [-0.1, -0.05) is 11.6 Å². The Kier molecular flexibility index (Phi) is 5.64. The average Bonchev–Trinajstić information content (AvgIpc) is 2.83. The Balaban J connectivity index is 1.80. The van der Waals surface area contributed by atoms with Crippen LogP contribution >= 0.6 is 11.6 Å². The molecule has 0 spiro atoms. The van der Waals surface area contributed by atoms with Crippen LogP contribution in [0, 0.1) is 6.92 Å². The minimum atomic E-state index is -3.76. The van der Waals surface area contributed by atoms with Gasteiger partial charge in [-0.15, -0.1) is 0 Å². The van der Waals surface area contributed by atoms with Crippen molar-refractivity contribution < 1.29 is 16.8 Å². The molecular formula is C16H21ClN4O4S2. The van der Waals surface area contributed by atoms with Crippen molar-refractivity contribution in [2.75, 3.05) is 26.2 Å². The molecule has 27 heavy (non-hydrogen) atoms. The first-order valence-electron chi connectivity index (χ1n) is 8.38. The molecule has 0 unspecified atom stereocenters. The van der Waals surface area contributed by atoms with Crippen molar-refractivity contribution in [2.24, 2.45) is 7.05 Å². The topological polar surface area (TPSA) is 92.6 Å². The molecule has 2 heterocycles. The monoisotopic (exact) mass is 432 g/mol. The minimum absolute atomic E-state index is 0.0171. The smallest absolute Gasteiger partial charge is 0.262 e. The largest absolute Gasteiger partial charge is 0.337 e. The number of nitrogens with zero attached hydrogens (tertiary/aromatic N) is 4. The average molecular weight is 433 g/mol. The van der Waals surface area contributed by atoms with Gasteiger partial charge in [0.25, 0.3) is 10.0 Å². The molecule has 8 nitrogen and oxygen atoms in total. The highest BCUT2D eigenvalue weighted by molar-refractivity contribution is 7.89. The van der Waals surface area contributed by atoms with Gasteiger partial charge in [-0.3, -0.25) is 0 Å². The van der Waals surface area contributed by atoms with E-state index in [4.69, 9.17) is 11.6 Å². The van der Waals surface area contributed by atoms with E-state index in [1.807, 2.05) is 0 Å². The Morgan fingerprint density at radius 1 is 0.926 bits per heavy atom. The SMILES string of the molecule is Cc1nc(S(=O)(=O)N2CCCN(S(=O)(=O)c3ccc(Cl)cc3)CC2)cn1C. The van der Waals surface area contributed by atoms with E-state index in [2.05, 4.69) is 4.98 Å². The molecular weight excluding hydrogens is 412 g/mol. The van der Waals surface area contributed by atoms with E-state index in [1.165, 1.54) is 39.1 Å². The lowest BCUT2D eigenvalue weighted by Gasteiger charge is -2.21. The van der Waals surface area contributed by atoms with Gasteiger partial charge in [0.1, 0.15) is 5.82 Å². The molecule has 3 rings (SSSR count). The van der Waals surface area contributed by atoms with Crippen molar-refractivity contribution in [3.63, 3.8) is 0 Å². The fourth-order valence-corrected chi connectivity index (χ4v) is 5.98. The number of hydrogen-bond acceptors (Lipinski definition) is 5. The zero-order valence-electron chi connectivity index (χ0n) is 15.0. The summed E-state index contributed by atoms with van der Waals surface area (Å²) in [5.74, 6) is 0.593. The lowest BCUT2D eigenvalue weighted by atomic mass is 10.4. The summed E-state index contributed by atoms with van der Waals surface area (Å²) >= 11 is 5.82. The second-order valence-corrected chi connectivity index (χ2v) is 10.6. The number of aromatic nitrogens is 2. The second kappa shape index (κ2) is 7.51. The zero-order chi connectivity index (χ0) is 19.8. The van der Waals surface area contributed by atoms with Gasteiger partial charge in [0, 0.05) is 44.4 Å². The molecule has 0 saturated carbocycles. The van der Waals surface area contributed by atoms with Crippen LogP contribution in [0.2, 0.25) is 5.02 Å². The van der Waals surface area contributed by atoms with Crippen molar-refractivity contribution in [2.45, 2.75) is 23.3 Å². The fourth-order valence-electron chi connectivity index (χ4n) is 2.89. The molecule has 11 heteroatoms. The van der Waals surface area contributed by atoms with Crippen molar-refractivity contribution in [1.82, 2.24) is 18.2 Å². The number of imidazole rings is 1. The molecule has 0 atom stereocenters. The highest BCUT2D eigenvalue weighted by atomic mass is 35.5. The van der Waals surface area contributed by atoms with E-state index in [1.54, 1.807) is 18.5 Å². The molecule has 1 saturated heterocycles. The summed E-state index contributed by atoms with van der Waals surface area (Å²) in [6.45, 7) is 2.37. The van der Waals surface area contributed by atoms with E-state index >= 15 is 0 Å². The predicted molar refractivity (Wildman–Crippen MR) is 102 cm³/mol. The molecule has 1 fully saturated rings. The van der Waals surface area contributed by atoms with Crippen molar-refractivity contribution in [3.8, 4) is 0 Å². The number of hydrogen-bond donors (Lipinski definition) is 0. The van der Waals surface area contributed by atoms with Crippen LogP contribution in [0.3, 0.4) is 0 Å². The van der Waals surface area contributed by atoms with Crippen molar-refractivity contribution in [1.29, 1.82) is 0 Å². The first kappa shape index (κ1) is 20.3. The van der Waals surface area contributed by atoms with Gasteiger partial charge in [0.15, 0.2) is 5.03 Å². The van der Waals surface area contributed by atoms with Gasteiger partial charge in [0.2, 0.25) is 10.0 Å². The summed E-state index contributed by atoms with van der Waals surface area (Å²) in [7, 11) is -5.74. The van der Waals surface area contributed by atoms with Crippen LogP contribution in [-0.2, 0) is 27.1 Å². The zero-order valence-corrected chi connectivity index (χ0v) is 17.4. The Morgan fingerprint density at radius 2 is 1.48 bits per heavy atom. The van der Waals surface area contributed by atoms with E-state index in [0.717, 1.165) is 0 Å². The molecule has 1 aromatic carbocycles. The molecule has 1 aliphatic rings. The third kappa shape index (κ3) is 4.04. The Hall–Kier alpha value is -1.46. The maximum absolute atomic E-state index is 12.8. The van der Waals surface area contributed by atoms with Crippen LogP contribution in [0.1, 0.15) is 12.2 Å². The van der Waals surface area contributed by atoms with Gasteiger partial charge in [0.05, 0.1) is 4.90 Å². The van der Waals surface area contributed by atoms with Crippen LogP contribution in [0.4, 0.5) is 0 Å². The van der Waals surface area contributed by atoms with Crippen LogP contribution in [0.5, 0.6) is 0 Å². The maximum atomic E-state index is 12.8. The predicted octanol–water partition coefficient (Wildman–Crippen LogP) is 1.47.